The Bertz CT molecular complexity index is 945. The molecular formula is C41H86O13. The molecule has 13 heteroatoms. The van der Waals surface area contributed by atoms with Gasteiger partial charge in [0.25, 0.3) is 0 Å². The molecule has 0 aromatic rings. The summed E-state index contributed by atoms with van der Waals surface area (Å²) in [6.07, 6.45) is 2.08. The van der Waals surface area contributed by atoms with Crippen LogP contribution in [0.4, 0.5) is 0 Å². The molecule has 0 radical (unpaired) electrons. The number of hydrogen-bond acceptors (Lipinski definition) is 13. The number of hydrogen-bond donors (Lipinski definition) is 0. The van der Waals surface area contributed by atoms with Gasteiger partial charge in [0.1, 0.15) is 37.3 Å². The van der Waals surface area contributed by atoms with Crippen molar-refractivity contribution in [2.75, 3.05) is 88.1 Å². The van der Waals surface area contributed by atoms with Gasteiger partial charge in [-0.1, -0.05) is 14.9 Å². The van der Waals surface area contributed by atoms with Crippen molar-refractivity contribution in [2.45, 2.75) is 182 Å². The Kier molecular flexibility index (Phi) is 25.1. The molecular weight excluding hydrogens is 700 g/mol. The van der Waals surface area contributed by atoms with Gasteiger partial charge in [-0.3, -0.25) is 0 Å². The topological polar surface area (TPSA) is 140 Å². The van der Waals surface area contributed by atoms with Crippen molar-refractivity contribution < 1.29 is 61.6 Å². The third-order valence-corrected chi connectivity index (χ3v) is 9.50. The third kappa shape index (κ3) is 23.6. The first-order valence-electron chi connectivity index (χ1n) is 18.7. The lowest BCUT2D eigenvalue weighted by molar-refractivity contribution is -0.0352. The van der Waals surface area contributed by atoms with Crippen molar-refractivity contribution in [2.24, 2.45) is 0 Å². The highest BCUT2D eigenvalue weighted by atomic mass is 16.7. The summed E-state index contributed by atoms with van der Waals surface area (Å²) >= 11 is 0. The molecule has 0 aromatic carbocycles. The largest absolute Gasteiger partial charge is 0.382 e. The van der Waals surface area contributed by atoms with Gasteiger partial charge in [-0.2, -0.15) is 0 Å². The maximum Gasteiger partial charge on any atom is 0.146 e. The van der Waals surface area contributed by atoms with Gasteiger partial charge < -0.3 is 61.6 Å². The molecule has 6 saturated heterocycles. The predicted octanol–water partition coefficient (Wildman–Crippen LogP) is 6.89. The molecule has 0 aromatic heterocycles. The first-order chi connectivity index (χ1) is 24.0. The molecule has 6 atom stereocenters. The van der Waals surface area contributed by atoms with Crippen LogP contribution in [0.1, 0.15) is 112 Å². The zero-order chi connectivity index (χ0) is 40.0. The van der Waals surface area contributed by atoms with Gasteiger partial charge in [0.05, 0.1) is 86.0 Å². The molecule has 0 bridgehead atoms. The second-order valence-electron chi connectivity index (χ2n) is 16.8. The highest BCUT2D eigenvalue weighted by molar-refractivity contribution is 4.96. The Balaban J connectivity index is 0. The highest BCUT2D eigenvalue weighted by Gasteiger charge is 2.50. The van der Waals surface area contributed by atoms with Crippen molar-refractivity contribution in [3.63, 3.8) is 0 Å². The molecule has 0 spiro atoms. The summed E-state index contributed by atoms with van der Waals surface area (Å²) in [6.45, 7) is 34.9. The van der Waals surface area contributed by atoms with Crippen LogP contribution in [0.5, 0.6) is 0 Å². The Morgan fingerprint density at radius 3 is 0.870 bits per heavy atom. The summed E-state index contributed by atoms with van der Waals surface area (Å²) < 4.78 is 66.3. The quantitative estimate of drug-likeness (QED) is 0.0913. The first kappa shape index (κ1) is 55.6. The molecule has 54 heavy (non-hydrogen) atoms. The first-order valence-corrected chi connectivity index (χ1v) is 18.7. The van der Waals surface area contributed by atoms with Crippen LogP contribution in [0.3, 0.4) is 0 Å². The van der Waals surface area contributed by atoms with E-state index in [0.717, 1.165) is 26.4 Å². The average Bonchev–Trinajstić information content (AvgIpc) is 3.92. The third-order valence-electron chi connectivity index (χ3n) is 9.50. The lowest BCUT2D eigenvalue weighted by Gasteiger charge is -2.00. The molecule has 6 unspecified atom stereocenters. The minimum absolute atomic E-state index is 0. The minimum Gasteiger partial charge on any atom is -0.382 e. The maximum absolute atomic E-state index is 5.32. The van der Waals surface area contributed by atoms with Gasteiger partial charge in [-0.25, -0.2) is 0 Å². The van der Waals surface area contributed by atoms with Crippen molar-refractivity contribution >= 4 is 0 Å². The second kappa shape index (κ2) is 24.4. The number of ether oxygens (including phenoxy) is 13. The lowest BCUT2D eigenvalue weighted by atomic mass is 10.1. The van der Waals surface area contributed by atoms with Crippen LogP contribution >= 0.6 is 0 Å². The van der Waals surface area contributed by atoms with Gasteiger partial charge in [0.2, 0.25) is 0 Å². The maximum atomic E-state index is 5.32. The molecule has 13 nitrogen and oxygen atoms in total. The normalized spacial score (nSPS) is 29.9. The van der Waals surface area contributed by atoms with E-state index in [1.54, 1.807) is 28.4 Å². The Morgan fingerprint density at radius 2 is 0.667 bits per heavy atom. The fraction of sp³-hybridized carbons (Fsp3) is 1.00. The van der Waals surface area contributed by atoms with E-state index in [2.05, 4.69) is 76.2 Å². The lowest BCUT2D eigenvalue weighted by Crippen LogP contribution is -2.12. The summed E-state index contributed by atoms with van der Waals surface area (Å²) in [5.41, 5.74) is 0.571. The number of epoxide rings is 6. The van der Waals surface area contributed by atoms with Gasteiger partial charge in [-0.15, -0.1) is 0 Å². The summed E-state index contributed by atoms with van der Waals surface area (Å²) in [5, 5.41) is 0. The zero-order valence-corrected chi connectivity index (χ0v) is 36.1. The molecule has 6 heterocycles. The molecule has 0 N–H and O–H groups in total. The van der Waals surface area contributed by atoms with E-state index in [1.165, 1.54) is 0 Å². The van der Waals surface area contributed by atoms with Crippen molar-refractivity contribution in [3.8, 4) is 0 Å². The number of methoxy groups -OCH3 is 4. The molecule has 328 valence electrons. The fourth-order valence-electron chi connectivity index (χ4n) is 4.36. The van der Waals surface area contributed by atoms with E-state index >= 15 is 0 Å². The van der Waals surface area contributed by atoms with Crippen LogP contribution < -0.4 is 0 Å². The van der Waals surface area contributed by atoms with E-state index in [4.69, 9.17) is 61.6 Å². The fourth-order valence-corrected chi connectivity index (χ4v) is 4.36. The van der Waals surface area contributed by atoms with E-state index in [9.17, 15) is 0 Å². The molecule has 0 amide bonds. The standard InChI is InChI=1S/C8H16O3.C7H14O3.C7H14O2.2C6H12O2.C5H10O.2CH4/c1-8(2)7(11-8)6-10-5-4-9-3;1-7(2)6(10-7)4-9-5-8-3;1-4-8-5-6-7(2,3)9-6;2*1-6(2)5(8-6)4-7-3;1-4-5(2,3)6-4;;/h7H,4-6H2,1-3H3;6H,4-5H2,1-3H3;6H,4-5H2,1-3H3;2*5H,4H2,1-3H3;4H,1-3H3;2*1H4. The van der Waals surface area contributed by atoms with Gasteiger partial charge in [0.15, 0.2) is 0 Å². The van der Waals surface area contributed by atoms with Crippen molar-refractivity contribution in [1.29, 1.82) is 0 Å². The van der Waals surface area contributed by atoms with Crippen LogP contribution in [-0.4, -0.2) is 158 Å². The molecule has 6 aliphatic rings. The van der Waals surface area contributed by atoms with Crippen LogP contribution in [0.15, 0.2) is 0 Å². The Labute approximate surface area is 331 Å². The average molecular weight is 787 g/mol. The predicted molar refractivity (Wildman–Crippen MR) is 214 cm³/mol. The van der Waals surface area contributed by atoms with Crippen molar-refractivity contribution in [1.82, 2.24) is 0 Å². The SMILES string of the molecule is C.C.CC1OC1(C)C.CCOCC1OC1(C)C.COCC1OC1(C)C.COCC1OC1(C)C.COCCOCC1OC1(C)C.COCOCC1OC1(C)C. The van der Waals surface area contributed by atoms with Gasteiger partial charge in [-0.05, 0) is 96.9 Å². The number of rotatable bonds is 16. The van der Waals surface area contributed by atoms with Crippen LogP contribution in [-0.2, 0) is 61.6 Å². The Hall–Kier alpha value is -0.520. The Morgan fingerprint density at radius 1 is 0.389 bits per heavy atom. The van der Waals surface area contributed by atoms with Crippen LogP contribution in [0.25, 0.3) is 0 Å². The molecule has 6 fully saturated rings. The summed E-state index contributed by atoms with van der Waals surface area (Å²) in [6, 6.07) is 0. The molecule has 0 aliphatic carbocycles. The van der Waals surface area contributed by atoms with Crippen LogP contribution in [0, 0.1) is 0 Å². The smallest absolute Gasteiger partial charge is 0.146 e. The molecule has 6 aliphatic heterocycles. The zero-order valence-electron chi connectivity index (χ0n) is 36.1. The summed E-state index contributed by atoms with van der Waals surface area (Å²) in [7, 11) is 6.66. The van der Waals surface area contributed by atoms with E-state index in [0.29, 0.717) is 63.7 Å². The van der Waals surface area contributed by atoms with Crippen molar-refractivity contribution in [3.05, 3.63) is 0 Å². The molecule has 6 rings (SSSR count). The monoisotopic (exact) mass is 787 g/mol. The summed E-state index contributed by atoms with van der Waals surface area (Å²) in [4.78, 5) is 0. The summed E-state index contributed by atoms with van der Waals surface area (Å²) in [5.74, 6) is 0. The van der Waals surface area contributed by atoms with Gasteiger partial charge >= 0.3 is 0 Å². The van der Waals surface area contributed by atoms with E-state index in [1.807, 2.05) is 20.8 Å². The van der Waals surface area contributed by atoms with E-state index < -0.39 is 0 Å². The van der Waals surface area contributed by atoms with E-state index in [-0.39, 0.29) is 54.6 Å². The highest BCUT2D eigenvalue weighted by Crippen LogP contribution is 2.37. The second-order valence-corrected chi connectivity index (χ2v) is 16.8. The van der Waals surface area contributed by atoms with Crippen LogP contribution in [0.2, 0.25) is 0 Å². The minimum atomic E-state index is 0. The molecule has 0 saturated carbocycles. The van der Waals surface area contributed by atoms with Gasteiger partial charge in [0, 0.05) is 35.0 Å².